The van der Waals surface area contributed by atoms with Gasteiger partial charge in [-0.1, -0.05) is 65.7 Å². The molecule has 0 aromatic heterocycles. The zero-order valence-electron chi connectivity index (χ0n) is 20.0. The van der Waals surface area contributed by atoms with E-state index in [1.807, 2.05) is 42.5 Å². The highest BCUT2D eigenvalue weighted by Gasteiger charge is 2.36. The smallest absolute Gasteiger partial charge is 0.311 e. The molecule has 0 radical (unpaired) electrons. The number of benzene rings is 4. The largest absolute Gasteiger partial charge is 0.457 e. The Kier molecular flexibility index (Phi) is 7.49. The minimum absolute atomic E-state index is 0.00513. The molecule has 192 valence electrons. The van der Waals surface area contributed by atoms with Crippen molar-refractivity contribution < 1.29 is 23.9 Å². The molecule has 1 aliphatic heterocycles. The van der Waals surface area contributed by atoms with Crippen LogP contribution in [-0.4, -0.2) is 30.9 Å². The summed E-state index contributed by atoms with van der Waals surface area (Å²) in [5.74, 6) is -0.716. The molecule has 5 rings (SSSR count). The van der Waals surface area contributed by atoms with Crippen LogP contribution in [0.5, 0.6) is 11.5 Å². The fraction of sp³-hybridized carbons (Fsp3) is 0.138. The van der Waals surface area contributed by atoms with E-state index in [-0.39, 0.29) is 23.9 Å². The summed E-state index contributed by atoms with van der Waals surface area (Å²) in [4.78, 5) is 38.9. The lowest BCUT2D eigenvalue weighted by Crippen LogP contribution is -2.28. The molecule has 1 saturated heterocycles. The van der Waals surface area contributed by atoms with Crippen LogP contribution in [0.15, 0.2) is 84.9 Å². The van der Waals surface area contributed by atoms with Gasteiger partial charge in [0.05, 0.1) is 21.7 Å². The van der Waals surface area contributed by atoms with E-state index < -0.39 is 24.4 Å². The molecule has 1 atom stereocenters. The Hall–Kier alpha value is -4.07. The number of fused-ring (bicyclic) bond motifs is 1. The van der Waals surface area contributed by atoms with Crippen LogP contribution < -0.4 is 15.0 Å². The van der Waals surface area contributed by atoms with Crippen molar-refractivity contribution in [3.8, 4) is 11.5 Å². The molecule has 1 aliphatic rings. The monoisotopic (exact) mass is 548 g/mol. The second kappa shape index (κ2) is 11.1. The van der Waals surface area contributed by atoms with Crippen LogP contribution in [0, 0.1) is 5.92 Å². The molecule has 0 unspecified atom stereocenters. The van der Waals surface area contributed by atoms with Crippen molar-refractivity contribution in [1.82, 2.24) is 0 Å². The van der Waals surface area contributed by atoms with Crippen LogP contribution in [0.25, 0.3) is 10.8 Å². The number of anilines is 2. The zero-order chi connectivity index (χ0) is 26.6. The predicted molar refractivity (Wildman–Crippen MR) is 147 cm³/mol. The number of amides is 2. The quantitative estimate of drug-likeness (QED) is 0.267. The van der Waals surface area contributed by atoms with Gasteiger partial charge in [0.25, 0.3) is 5.91 Å². The van der Waals surface area contributed by atoms with E-state index >= 15 is 0 Å². The van der Waals surface area contributed by atoms with Crippen molar-refractivity contribution in [1.29, 1.82) is 0 Å². The number of rotatable bonds is 7. The molecule has 4 aromatic rings. The summed E-state index contributed by atoms with van der Waals surface area (Å²) < 4.78 is 11.2. The van der Waals surface area contributed by atoms with Gasteiger partial charge < -0.3 is 19.7 Å². The highest BCUT2D eigenvalue weighted by Crippen LogP contribution is 2.33. The third-order valence-corrected chi connectivity index (χ3v) is 6.97. The van der Waals surface area contributed by atoms with E-state index in [4.69, 9.17) is 32.7 Å². The Bertz CT molecular complexity index is 1520. The molecule has 0 spiro atoms. The molecule has 0 bridgehead atoms. The first-order chi connectivity index (χ1) is 18.4. The number of carbonyl (C=O) groups excluding carboxylic acids is 3. The summed E-state index contributed by atoms with van der Waals surface area (Å²) in [6.07, 6.45) is -0.00513. The van der Waals surface area contributed by atoms with Crippen LogP contribution in [0.3, 0.4) is 0 Å². The number of halogens is 2. The first kappa shape index (κ1) is 25.6. The van der Waals surface area contributed by atoms with E-state index in [2.05, 4.69) is 5.32 Å². The van der Waals surface area contributed by atoms with Gasteiger partial charge in [-0.2, -0.15) is 0 Å². The van der Waals surface area contributed by atoms with Crippen LogP contribution in [0.2, 0.25) is 10.0 Å². The Morgan fingerprint density at radius 2 is 1.66 bits per heavy atom. The van der Waals surface area contributed by atoms with Gasteiger partial charge in [-0.05, 0) is 47.9 Å². The molecule has 7 nitrogen and oxygen atoms in total. The van der Waals surface area contributed by atoms with E-state index in [0.717, 1.165) is 16.5 Å². The number of nitrogens with one attached hydrogen (secondary N) is 1. The van der Waals surface area contributed by atoms with Crippen molar-refractivity contribution in [3.63, 3.8) is 0 Å². The van der Waals surface area contributed by atoms with E-state index in [9.17, 15) is 14.4 Å². The van der Waals surface area contributed by atoms with E-state index in [1.165, 1.54) is 4.90 Å². The third kappa shape index (κ3) is 5.59. The average molecular weight is 549 g/mol. The maximum absolute atomic E-state index is 12.6. The Morgan fingerprint density at radius 3 is 2.47 bits per heavy atom. The van der Waals surface area contributed by atoms with Gasteiger partial charge >= 0.3 is 5.97 Å². The van der Waals surface area contributed by atoms with Gasteiger partial charge in [0.2, 0.25) is 5.91 Å². The minimum atomic E-state index is -0.684. The summed E-state index contributed by atoms with van der Waals surface area (Å²) >= 11 is 12.0. The summed E-state index contributed by atoms with van der Waals surface area (Å²) in [5, 5.41) is 5.11. The zero-order valence-corrected chi connectivity index (χ0v) is 21.5. The average Bonchev–Trinajstić information content (AvgIpc) is 3.32. The van der Waals surface area contributed by atoms with Gasteiger partial charge in [-0.3, -0.25) is 14.4 Å². The fourth-order valence-electron chi connectivity index (χ4n) is 4.26. The molecule has 0 saturated carbocycles. The lowest BCUT2D eigenvalue weighted by Gasteiger charge is -2.17. The minimum Gasteiger partial charge on any atom is -0.457 e. The van der Waals surface area contributed by atoms with Gasteiger partial charge in [0.15, 0.2) is 6.61 Å². The van der Waals surface area contributed by atoms with Crippen LogP contribution in [0.1, 0.15) is 6.42 Å². The van der Waals surface area contributed by atoms with Gasteiger partial charge in [0.1, 0.15) is 11.5 Å². The van der Waals surface area contributed by atoms with Crippen molar-refractivity contribution in [3.05, 3.63) is 95.0 Å². The molecule has 0 aliphatic carbocycles. The molecule has 1 heterocycles. The number of esters is 1. The summed E-state index contributed by atoms with van der Waals surface area (Å²) in [6, 6.07) is 25.7. The predicted octanol–water partition coefficient (Wildman–Crippen LogP) is 6.47. The van der Waals surface area contributed by atoms with Crippen molar-refractivity contribution in [2.24, 2.45) is 5.92 Å². The first-order valence-corrected chi connectivity index (χ1v) is 12.6. The Morgan fingerprint density at radius 1 is 0.921 bits per heavy atom. The van der Waals surface area contributed by atoms with Crippen molar-refractivity contribution in [2.45, 2.75) is 6.42 Å². The third-order valence-electron chi connectivity index (χ3n) is 6.16. The molecule has 38 heavy (non-hydrogen) atoms. The second-order valence-corrected chi connectivity index (χ2v) is 9.52. The lowest BCUT2D eigenvalue weighted by molar-refractivity contribution is -0.151. The van der Waals surface area contributed by atoms with Crippen LogP contribution >= 0.6 is 23.2 Å². The molecule has 4 aromatic carbocycles. The molecule has 1 fully saturated rings. The van der Waals surface area contributed by atoms with E-state index in [0.29, 0.717) is 22.1 Å². The Labute approximate surface area is 228 Å². The standard InChI is InChI=1S/C29H22Cl2N2O5/c30-23-8-4-9-24(28(23)31)32-26(34)17-37-29(36)19-15-27(35)33(16-19)20-11-13-21(14-12-20)38-25-10-3-6-18-5-1-2-7-22(18)25/h1-14,19H,15-17H2,(H,32,34)/t19-/m0/s1. The van der Waals surface area contributed by atoms with Gasteiger partial charge in [-0.15, -0.1) is 0 Å². The first-order valence-electron chi connectivity index (χ1n) is 11.9. The second-order valence-electron chi connectivity index (χ2n) is 8.74. The summed E-state index contributed by atoms with van der Waals surface area (Å²) in [6.45, 7) is -0.352. The number of hydrogen-bond donors (Lipinski definition) is 1. The number of carbonyl (C=O) groups is 3. The van der Waals surface area contributed by atoms with Crippen LogP contribution in [0.4, 0.5) is 11.4 Å². The summed E-state index contributed by atoms with van der Waals surface area (Å²) in [7, 11) is 0. The molecule has 2 amide bonds. The SMILES string of the molecule is O=C(COC(=O)[C@H]1CC(=O)N(c2ccc(Oc3cccc4ccccc34)cc2)C1)Nc1cccc(Cl)c1Cl. The maximum Gasteiger partial charge on any atom is 0.311 e. The topological polar surface area (TPSA) is 84.9 Å². The van der Waals surface area contributed by atoms with E-state index in [1.54, 1.807) is 42.5 Å². The number of hydrogen-bond acceptors (Lipinski definition) is 5. The number of ether oxygens (including phenoxy) is 2. The lowest BCUT2D eigenvalue weighted by atomic mass is 10.1. The van der Waals surface area contributed by atoms with Crippen molar-refractivity contribution >= 4 is 63.1 Å². The molecule has 1 N–H and O–H groups in total. The van der Waals surface area contributed by atoms with Crippen LogP contribution in [-0.2, 0) is 19.1 Å². The normalized spacial score (nSPS) is 14.9. The number of nitrogens with zero attached hydrogens (tertiary/aromatic N) is 1. The van der Waals surface area contributed by atoms with Gasteiger partial charge in [0, 0.05) is 24.0 Å². The molecule has 9 heteroatoms. The molecular weight excluding hydrogens is 527 g/mol. The fourth-order valence-corrected chi connectivity index (χ4v) is 4.61. The molecular formula is C29H22Cl2N2O5. The highest BCUT2D eigenvalue weighted by molar-refractivity contribution is 6.44. The highest BCUT2D eigenvalue weighted by atomic mass is 35.5. The van der Waals surface area contributed by atoms with Gasteiger partial charge in [-0.25, -0.2) is 0 Å². The summed E-state index contributed by atoms with van der Waals surface area (Å²) in [5.41, 5.74) is 0.958. The van der Waals surface area contributed by atoms with Crippen molar-refractivity contribution in [2.75, 3.05) is 23.4 Å². The maximum atomic E-state index is 12.6. The Balaban J connectivity index is 1.17.